The Hall–Kier alpha value is -0.350. The molecule has 0 spiro atoms. The van der Waals surface area contributed by atoms with Gasteiger partial charge in [0.05, 0.1) is 0 Å². The predicted octanol–water partition coefficient (Wildman–Crippen LogP) is 3.13. The molecule has 1 aromatic rings. The van der Waals surface area contributed by atoms with Crippen LogP contribution in [0.2, 0.25) is 0 Å². The number of ketones is 1. The van der Waals surface area contributed by atoms with Gasteiger partial charge in [0.2, 0.25) is 0 Å². The van der Waals surface area contributed by atoms with Crippen LogP contribution in [-0.4, -0.2) is 5.78 Å². The van der Waals surface area contributed by atoms with Gasteiger partial charge in [0.1, 0.15) is 0 Å². The van der Waals surface area contributed by atoms with Gasteiger partial charge in [0.25, 0.3) is 0 Å². The summed E-state index contributed by atoms with van der Waals surface area (Å²) in [6, 6.07) is 3.54. The molecule has 70 valence electrons. The van der Waals surface area contributed by atoms with Crippen molar-refractivity contribution in [3.05, 3.63) is 27.7 Å². The second kappa shape index (κ2) is 4.24. The van der Waals surface area contributed by atoms with Crippen molar-refractivity contribution in [3.8, 4) is 0 Å². The van der Waals surface area contributed by atoms with Crippen molar-refractivity contribution in [1.82, 2.24) is 0 Å². The van der Waals surface area contributed by atoms with Gasteiger partial charge in [-0.05, 0) is 40.5 Å². The van der Waals surface area contributed by atoms with Crippen LogP contribution in [0, 0.1) is 0 Å². The molecule has 0 aliphatic carbocycles. The minimum atomic E-state index is 0.0444. The fourth-order valence-corrected chi connectivity index (χ4v) is 1.95. The Morgan fingerprint density at radius 1 is 1.54 bits per heavy atom. The molecule has 2 N–H and O–H groups in total. The first-order valence-corrected chi connectivity index (χ1v) is 5.62. The highest BCUT2D eigenvalue weighted by Gasteiger charge is 2.07. The number of alkyl halides is 1. The van der Waals surface area contributed by atoms with E-state index in [-0.39, 0.29) is 5.78 Å². The van der Waals surface area contributed by atoms with Gasteiger partial charge in [-0.25, -0.2) is 0 Å². The first-order valence-electron chi connectivity index (χ1n) is 3.71. The molecule has 2 nitrogen and oxygen atoms in total. The molecule has 1 rings (SSSR count). The number of nitrogen functional groups attached to an aromatic ring is 1. The number of carbonyl (C=O) groups excluding carboxylic acids is 1. The summed E-state index contributed by atoms with van der Waals surface area (Å²) in [7, 11) is 0. The molecular formula is C9H9Br2NO. The summed E-state index contributed by atoms with van der Waals surface area (Å²) in [5.41, 5.74) is 8.06. The summed E-state index contributed by atoms with van der Waals surface area (Å²) in [6.07, 6.45) is 0. The van der Waals surface area contributed by atoms with Crippen LogP contribution in [0.25, 0.3) is 0 Å². The lowest BCUT2D eigenvalue weighted by Crippen LogP contribution is -1.99. The first kappa shape index (κ1) is 10.7. The smallest absolute Gasteiger partial charge is 0.159 e. The highest BCUT2D eigenvalue weighted by atomic mass is 79.9. The predicted molar refractivity (Wildman–Crippen MR) is 61.2 cm³/mol. The van der Waals surface area contributed by atoms with Crippen molar-refractivity contribution >= 4 is 43.3 Å². The third-order valence-electron chi connectivity index (χ3n) is 1.77. The van der Waals surface area contributed by atoms with E-state index in [0.29, 0.717) is 16.6 Å². The van der Waals surface area contributed by atoms with E-state index in [1.807, 2.05) is 0 Å². The molecule has 0 saturated heterocycles. The molecule has 1 aromatic carbocycles. The molecule has 0 radical (unpaired) electrons. The van der Waals surface area contributed by atoms with E-state index in [2.05, 4.69) is 31.9 Å². The Bertz CT molecular complexity index is 350. The van der Waals surface area contributed by atoms with Gasteiger partial charge >= 0.3 is 0 Å². The van der Waals surface area contributed by atoms with Crippen molar-refractivity contribution < 1.29 is 4.79 Å². The van der Waals surface area contributed by atoms with Crippen LogP contribution >= 0.6 is 31.9 Å². The van der Waals surface area contributed by atoms with E-state index in [9.17, 15) is 4.79 Å². The average Bonchev–Trinajstić information content (AvgIpc) is 2.09. The fourth-order valence-electron chi connectivity index (χ4n) is 0.989. The van der Waals surface area contributed by atoms with Gasteiger partial charge in [0, 0.05) is 21.1 Å². The number of carbonyl (C=O) groups is 1. The van der Waals surface area contributed by atoms with Gasteiger partial charge in [0.15, 0.2) is 5.78 Å². The largest absolute Gasteiger partial charge is 0.398 e. The summed E-state index contributed by atoms with van der Waals surface area (Å²) in [5, 5.41) is 0.651. The topological polar surface area (TPSA) is 43.1 Å². The van der Waals surface area contributed by atoms with E-state index < -0.39 is 0 Å². The number of rotatable bonds is 2. The summed E-state index contributed by atoms with van der Waals surface area (Å²) in [4.78, 5) is 11.1. The third kappa shape index (κ3) is 2.31. The Morgan fingerprint density at radius 2 is 2.15 bits per heavy atom. The van der Waals surface area contributed by atoms with Crippen molar-refractivity contribution in [2.75, 3.05) is 5.73 Å². The average molecular weight is 307 g/mol. The number of nitrogens with two attached hydrogens (primary N) is 1. The number of hydrogen-bond donors (Lipinski definition) is 1. The van der Waals surface area contributed by atoms with Gasteiger partial charge in [-0.15, -0.1) is 0 Å². The Labute approximate surface area is 93.8 Å². The molecule has 0 heterocycles. The lowest BCUT2D eigenvalue weighted by molar-refractivity contribution is 0.101. The molecule has 0 aliphatic rings. The molecule has 4 heteroatoms. The molecule has 0 amide bonds. The van der Waals surface area contributed by atoms with E-state index in [4.69, 9.17) is 5.73 Å². The van der Waals surface area contributed by atoms with Crippen LogP contribution in [0.4, 0.5) is 5.69 Å². The Balaban J connectivity index is 3.30. The summed E-state index contributed by atoms with van der Waals surface area (Å²) < 4.78 is 0.773. The monoisotopic (exact) mass is 305 g/mol. The highest BCUT2D eigenvalue weighted by molar-refractivity contribution is 9.10. The number of benzene rings is 1. The fraction of sp³-hybridized carbons (Fsp3) is 0.222. The van der Waals surface area contributed by atoms with Gasteiger partial charge < -0.3 is 5.73 Å². The molecule has 0 saturated carbocycles. The van der Waals surface area contributed by atoms with E-state index in [1.54, 1.807) is 12.1 Å². The quantitative estimate of drug-likeness (QED) is 0.518. The SMILES string of the molecule is CC(=O)c1cc(Br)c(N)c(CBr)c1. The molecule has 0 unspecified atom stereocenters. The maximum Gasteiger partial charge on any atom is 0.159 e. The van der Waals surface area contributed by atoms with Crippen LogP contribution in [0.5, 0.6) is 0 Å². The summed E-state index contributed by atoms with van der Waals surface area (Å²) in [6.45, 7) is 1.54. The van der Waals surface area contributed by atoms with Crippen LogP contribution in [0.15, 0.2) is 16.6 Å². The Kier molecular flexibility index (Phi) is 3.50. The zero-order chi connectivity index (χ0) is 10.0. The van der Waals surface area contributed by atoms with Gasteiger partial charge in [-0.1, -0.05) is 15.9 Å². The zero-order valence-electron chi connectivity index (χ0n) is 7.10. The third-order valence-corrected chi connectivity index (χ3v) is 3.03. The number of Topliss-reactive ketones (excluding diaryl/α,β-unsaturated/α-hetero) is 1. The molecular weight excluding hydrogens is 298 g/mol. The van der Waals surface area contributed by atoms with Crippen LogP contribution in [0.1, 0.15) is 22.8 Å². The van der Waals surface area contributed by atoms with E-state index >= 15 is 0 Å². The lowest BCUT2D eigenvalue weighted by atomic mass is 10.1. The maximum atomic E-state index is 11.1. The van der Waals surface area contributed by atoms with Crippen LogP contribution < -0.4 is 5.73 Å². The summed E-state index contributed by atoms with van der Waals surface area (Å²) in [5.74, 6) is 0.0444. The summed E-state index contributed by atoms with van der Waals surface area (Å²) >= 11 is 6.62. The number of hydrogen-bond acceptors (Lipinski definition) is 2. The molecule has 0 bridgehead atoms. The Morgan fingerprint density at radius 3 is 2.62 bits per heavy atom. The number of anilines is 1. The number of halogens is 2. The van der Waals surface area contributed by atoms with Gasteiger partial charge in [-0.3, -0.25) is 4.79 Å². The van der Waals surface area contributed by atoms with Crippen molar-refractivity contribution in [3.63, 3.8) is 0 Å². The standard InChI is InChI=1S/C9H9Br2NO/c1-5(13)6-2-7(4-10)9(12)8(11)3-6/h2-3H,4,12H2,1H3. The molecule has 13 heavy (non-hydrogen) atoms. The second-order valence-electron chi connectivity index (χ2n) is 2.72. The first-order chi connectivity index (χ1) is 6.06. The lowest BCUT2D eigenvalue weighted by Gasteiger charge is -2.06. The normalized spacial score (nSPS) is 10.1. The van der Waals surface area contributed by atoms with Crippen LogP contribution in [-0.2, 0) is 5.33 Å². The second-order valence-corrected chi connectivity index (χ2v) is 4.14. The molecule has 0 fully saturated rings. The minimum Gasteiger partial charge on any atom is -0.398 e. The minimum absolute atomic E-state index is 0.0444. The zero-order valence-corrected chi connectivity index (χ0v) is 10.3. The highest BCUT2D eigenvalue weighted by Crippen LogP contribution is 2.27. The molecule has 0 atom stereocenters. The van der Waals surface area contributed by atoms with E-state index in [1.165, 1.54) is 6.92 Å². The van der Waals surface area contributed by atoms with Crippen molar-refractivity contribution in [1.29, 1.82) is 0 Å². The van der Waals surface area contributed by atoms with E-state index in [0.717, 1.165) is 10.0 Å². The van der Waals surface area contributed by atoms with Gasteiger partial charge in [-0.2, -0.15) is 0 Å². The van der Waals surface area contributed by atoms with Crippen molar-refractivity contribution in [2.45, 2.75) is 12.3 Å². The maximum absolute atomic E-state index is 11.1. The molecule has 0 aliphatic heterocycles. The van der Waals surface area contributed by atoms with Crippen molar-refractivity contribution in [2.24, 2.45) is 0 Å². The molecule has 0 aromatic heterocycles. The van der Waals surface area contributed by atoms with Crippen LogP contribution in [0.3, 0.4) is 0 Å².